The average Bonchev–Trinajstić information content (AvgIpc) is 2.85. The minimum atomic E-state index is -3.75. The molecule has 1 fully saturated rings. The highest BCUT2D eigenvalue weighted by Gasteiger charge is 2.33. The van der Waals surface area contributed by atoms with Gasteiger partial charge in [0.15, 0.2) is 0 Å². The van der Waals surface area contributed by atoms with E-state index in [1.54, 1.807) is 17.0 Å². The minimum Gasteiger partial charge on any atom is -0.352 e. The Kier molecular flexibility index (Phi) is 9.76. The number of hydrogen-bond acceptors (Lipinski definition) is 4. The van der Waals surface area contributed by atoms with Gasteiger partial charge in [-0.25, -0.2) is 8.42 Å². The van der Waals surface area contributed by atoms with Gasteiger partial charge in [0.25, 0.3) is 0 Å². The van der Waals surface area contributed by atoms with E-state index < -0.39 is 22.0 Å². The van der Waals surface area contributed by atoms with Gasteiger partial charge in [0.2, 0.25) is 21.8 Å². The number of nitrogens with one attached hydrogen (secondary N) is 1. The number of anilines is 1. The van der Waals surface area contributed by atoms with Crippen LogP contribution in [0.5, 0.6) is 0 Å². The first kappa shape index (κ1) is 28.7. The van der Waals surface area contributed by atoms with Crippen LogP contribution in [-0.4, -0.2) is 50.0 Å². The maximum absolute atomic E-state index is 13.9. The topological polar surface area (TPSA) is 86.8 Å². The van der Waals surface area contributed by atoms with Crippen LogP contribution in [0.25, 0.3) is 0 Å². The van der Waals surface area contributed by atoms with Crippen LogP contribution in [0.15, 0.2) is 42.5 Å². The number of carbonyl (C=O) groups excluding carboxylic acids is 2. The summed E-state index contributed by atoms with van der Waals surface area (Å²) in [6.45, 7) is 7.49. The SMILES string of the molecule is CCC(C(=O)NC1CCCCC1)N(Cc1ccc(C)cc1)C(=O)CN(c1cccc(C)c1C)S(C)(=O)=O. The number of carbonyl (C=O) groups is 2. The molecule has 0 radical (unpaired) electrons. The molecule has 37 heavy (non-hydrogen) atoms. The van der Waals surface area contributed by atoms with E-state index >= 15 is 0 Å². The summed E-state index contributed by atoms with van der Waals surface area (Å²) >= 11 is 0. The molecule has 1 atom stereocenters. The fraction of sp³-hybridized carbons (Fsp3) is 0.517. The first-order valence-corrected chi connectivity index (χ1v) is 15.1. The number of sulfonamides is 1. The molecule has 1 N–H and O–H groups in total. The molecule has 0 heterocycles. The number of rotatable bonds is 10. The third kappa shape index (κ3) is 7.57. The van der Waals surface area contributed by atoms with E-state index in [2.05, 4.69) is 5.32 Å². The molecule has 1 unspecified atom stereocenters. The minimum absolute atomic E-state index is 0.120. The van der Waals surface area contributed by atoms with Crippen molar-refractivity contribution in [3.63, 3.8) is 0 Å². The van der Waals surface area contributed by atoms with Gasteiger partial charge >= 0.3 is 0 Å². The van der Waals surface area contributed by atoms with Gasteiger partial charge in [0, 0.05) is 12.6 Å². The molecule has 1 aliphatic carbocycles. The van der Waals surface area contributed by atoms with Crippen LogP contribution in [0.4, 0.5) is 5.69 Å². The molecule has 202 valence electrons. The summed E-state index contributed by atoms with van der Waals surface area (Å²) in [6.07, 6.45) is 6.80. The fourth-order valence-corrected chi connectivity index (χ4v) is 5.85. The van der Waals surface area contributed by atoms with E-state index in [0.717, 1.165) is 58.5 Å². The number of hydrogen-bond donors (Lipinski definition) is 1. The Labute approximate surface area is 222 Å². The van der Waals surface area contributed by atoms with Crippen LogP contribution in [0.1, 0.15) is 67.7 Å². The van der Waals surface area contributed by atoms with Crippen LogP contribution in [0.3, 0.4) is 0 Å². The quantitative estimate of drug-likeness (QED) is 0.488. The number of nitrogens with zero attached hydrogens (tertiary/aromatic N) is 2. The van der Waals surface area contributed by atoms with Gasteiger partial charge in [-0.15, -0.1) is 0 Å². The van der Waals surface area contributed by atoms with Crippen molar-refractivity contribution in [2.45, 2.75) is 84.8 Å². The lowest BCUT2D eigenvalue weighted by Crippen LogP contribution is -2.54. The first-order chi connectivity index (χ1) is 17.5. The standard InChI is InChI=1S/C29H41N3O4S/c1-6-26(29(34)30-25-12-8-7-9-13-25)31(19-24-17-15-21(2)16-18-24)28(33)20-32(37(5,35)36)27-14-10-11-22(3)23(27)4/h10-11,14-18,25-26H,6-9,12-13,19-20H2,1-5H3,(H,30,34). The van der Waals surface area contributed by atoms with Crippen LogP contribution in [-0.2, 0) is 26.2 Å². The summed E-state index contributed by atoms with van der Waals surface area (Å²) in [4.78, 5) is 28.9. The predicted molar refractivity (Wildman–Crippen MR) is 149 cm³/mol. The second-order valence-electron chi connectivity index (χ2n) is 10.3. The van der Waals surface area contributed by atoms with Gasteiger partial charge in [-0.1, -0.05) is 68.1 Å². The summed E-state index contributed by atoms with van der Waals surface area (Å²) in [7, 11) is -3.75. The maximum Gasteiger partial charge on any atom is 0.244 e. The Morgan fingerprint density at radius 3 is 2.24 bits per heavy atom. The molecule has 1 saturated carbocycles. The van der Waals surface area contributed by atoms with Gasteiger partial charge in [0.1, 0.15) is 12.6 Å². The van der Waals surface area contributed by atoms with Gasteiger partial charge in [-0.05, 0) is 62.8 Å². The van der Waals surface area contributed by atoms with Crippen molar-refractivity contribution in [3.05, 3.63) is 64.7 Å². The number of benzene rings is 2. The van der Waals surface area contributed by atoms with E-state index in [1.807, 2.05) is 58.0 Å². The molecule has 0 bridgehead atoms. The number of aryl methyl sites for hydroxylation is 2. The third-order valence-electron chi connectivity index (χ3n) is 7.33. The van der Waals surface area contributed by atoms with Gasteiger partial charge in [-0.2, -0.15) is 0 Å². The number of amides is 2. The van der Waals surface area contributed by atoms with Crippen molar-refractivity contribution >= 4 is 27.5 Å². The van der Waals surface area contributed by atoms with Crippen molar-refractivity contribution in [3.8, 4) is 0 Å². The van der Waals surface area contributed by atoms with E-state index in [4.69, 9.17) is 0 Å². The average molecular weight is 528 g/mol. The Morgan fingerprint density at radius 1 is 1.00 bits per heavy atom. The second kappa shape index (κ2) is 12.6. The zero-order chi connectivity index (χ0) is 27.2. The van der Waals surface area contributed by atoms with Gasteiger partial charge in [0.05, 0.1) is 11.9 Å². The van der Waals surface area contributed by atoms with Crippen molar-refractivity contribution in [1.29, 1.82) is 0 Å². The molecule has 0 aliphatic heterocycles. The fourth-order valence-electron chi connectivity index (χ4n) is 4.95. The predicted octanol–water partition coefficient (Wildman–Crippen LogP) is 4.63. The molecule has 0 aromatic heterocycles. The van der Waals surface area contributed by atoms with Crippen molar-refractivity contribution < 1.29 is 18.0 Å². The lowest BCUT2D eigenvalue weighted by molar-refractivity contribution is -0.140. The van der Waals surface area contributed by atoms with E-state index in [0.29, 0.717) is 12.1 Å². The monoisotopic (exact) mass is 527 g/mol. The molecule has 2 aromatic carbocycles. The van der Waals surface area contributed by atoms with Crippen LogP contribution in [0, 0.1) is 20.8 Å². The molecule has 0 saturated heterocycles. The molecule has 7 nitrogen and oxygen atoms in total. The Bertz CT molecular complexity index is 1190. The summed E-state index contributed by atoms with van der Waals surface area (Å²) in [5.41, 5.74) is 4.20. The molecule has 2 amide bonds. The smallest absolute Gasteiger partial charge is 0.244 e. The molecule has 1 aliphatic rings. The molecular formula is C29H41N3O4S. The molecular weight excluding hydrogens is 486 g/mol. The normalized spacial score (nSPS) is 15.2. The Balaban J connectivity index is 1.93. The molecule has 3 rings (SSSR count). The third-order valence-corrected chi connectivity index (χ3v) is 8.46. The van der Waals surface area contributed by atoms with Gasteiger partial charge in [-0.3, -0.25) is 13.9 Å². The summed E-state index contributed by atoms with van der Waals surface area (Å²) in [6, 6.07) is 12.7. The highest BCUT2D eigenvalue weighted by Crippen LogP contribution is 2.26. The van der Waals surface area contributed by atoms with Crippen molar-refractivity contribution in [1.82, 2.24) is 10.2 Å². The summed E-state index contributed by atoms with van der Waals surface area (Å²) < 4.78 is 26.9. The van der Waals surface area contributed by atoms with Crippen molar-refractivity contribution in [2.75, 3.05) is 17.1 Å². The largest absolute Gasteiger partial charge is 0.352 e. The Hall–Kier alpha value is -2.87. The molecule has 0 spiro atoms. The molecule has 2 aromatic rings. The highest BCUT2D eigenvalue weighted by molar-refractivity contribution is 7.92. The van der Waals surface area contributed by atoms with Crippen LogP contribution in [0.2, 0.25) is 0 Å². The maximum atomic E-state index is 13.9. The lowest BCUT2D eigenvalue weighted by Gasteiger charge is -2.34. The van der Waals surface area contributed by atoms with Crippen LogP contribution < -0.4 is 9.62 Å². The zero-order valence-electron chi connectivity index (χ0n) is 22.8. The summed E-state index contributed by atoms with van der Waals surface area (Å²) in [5, 5.41) is 3.17. The van der Waals surface area contributed by atoms with Crippen molar-refractivity contribution in [2.24, 2.45) is 0 Å². The lowest BCUT2D eigenvalue weighted by atomic mass is 9.95. The summed E-state index contributed by atoms with van der Waals surface area (Å²) in [5.74, 6) is -0.579. The van der Waals surface area contributed by atoms with E-state index in [1.165, 1.54) is 6.42 Å². The van der Waals surface area contributed by atoms with E-state index in [-0.39, 0.29) is 25.0 Å². The van der Waals surface area contributed by atoms with E-state index in [9.17, 15) is 18.0 Å². The molecule has 8 heteroatoms. The zero-order valence-corrected chi connectivity index (χ0v) is 23.6. The second-order valence-corrected chi connectivity index (χ2v) is 12.2. The highest BCUT2D eigenvalue weighted by atomic mass is 32.2. The van der Waals surface area contributed by atoms with Crippen LogP contribution >= 0.6 is 0 Å². The first-order valence-electron chi connectivity index (χ1n) is 13.2. The Morgan fingerprint density at radius 2 is 1.65 bits per heavy atom. The van der Waals surface area contributed by atoms with Gasteiger partial charge < -0.3 is 10.2 Å².